The van der Waals surface area contributed by atoms with Crippen LogP contribution in [0.15, 0.2) is 23.4 Å². The van der Waals surface area contributed by atoms with Crippen molar-refractivity contribution in [2.24, 2.45) is 0 Å². The molecule has 0 bridgehead atoms. The Balaban J connectivity index is 2.46. The Bertz CT molecular complexity index is 373. The van der Waals surface area contributed by atoms with E-state index in [1.807, 2.05) is 6.92 Å². The van der Waals surface area contributed by atoms with Gasteiger partial charge in [-0.2, -0.15) is 0 Å². The second-order valence-corrected chi connectivity index (χ2v) is 4.84. The summed E-state index contributed by atoms with van der Waals surface area (Å²) in [6.07, 6.45) is 3.24. The molecule has 1 aromatic heterocycles. The maximum atomic E-state index is 11.7. The van der Waals surface area contributed by atoms with Crippen molar-refractivity contribution in [3.05, 3.63) is 18.5 Å². The minimum atomic E-state index is -0.198. The maximum Gasteiger partial charge on any atom is 0.233 e. The topological polar surface area (TPSA) is 77.2 Å². The highest BCUT2D eigenvalue weighted by atomic mass is 32.2. The van der Waals surface area contributed by atoms with E-state index in [2.05, 4.69) is 10.3 Å². The van der Waals surface area contributed by atoms with E-state index in [1.54, 1.807) is 25.6 Å². The molecule has 17 heavy (non-hydrogen) atoms. The second-order valence-electron chi connectivity index (χ2n) is 3.46. The number of amides is 1. The number of aromatic nitrogens is 1. The molecule has 0 aliphatic rings. The number of carbonyl (C=O) groups is 1. The first-order chi connectivity index (χ1) is 8.15. The lowest BCUT2D eigenvalue weighted by Crippen LogP contribution is -2.33. The number of pyridine rings is 1. The zero-order valence-corrected chi connectivity index (χ0v) is 10.8. The van der Waals surface area contributed by atoms with Crippen molar-refractivity contribution in [2.75, 3.05) is 26.0 Å². The van der Waals surface area contributed by atoms with E-state index >= 15 is 0 Å². The largest absolute Gasteiger partial charge is 0.397 e. The molecule has 0 radical (unpaired) electrons. The van der Waals surface area contributed by atoms with Crippen molar-refractivity contribution in [1.82, 2.24) is 10.3 Å². The van der Waals surface area contributed by atoms with Gasteiger partial charge in [0.2, 0.25) is 5.91 Å². The highest BCUT2D eigenvalue weighted by molar-refractivity contribution is 8.00. The van der Waals surface area contributed by atoms with Crippen LogP contribution in [0.1, 0.15) is 6.92 Å². The molecule has 1 heterocycles. The van der Waals surface area contributed by atoms with Crippen molar-refractivity contribution >= 4 is 23.4 Å². The van der Waals surface area contributed by atoms with E-state index in [4.69, 9.17) is 10.5 Å². The second kappa shape index (κ2) is 7.13. The SMILES string of the molecule is COCCNC(=O)C(C)Sc1ccncc1N. The Labute approximate surface area is 105 Å². The third-order valence-corrected chi connectivity index (χ3v) is 3.28. The van der Waals surface area contributed by atoms with Crippen molar-refractivity contribution in [2.45, 2.75) is 17.1 Å². The zero-order valence-electron chi connectivity index (χ0n) is 9.97. The third-order valence-electron chi connectivity index (χ3n) is 2.09. The van der Waals surface area contributed by atoms with Gasteiger partial charge in [0.25, 0.3) is 0 Å². The molecular weight excluding hydrogens is 238 g/mol. The molecule has 94 valence electrons. The van der Waals surface area contributed by atoms with Gasteiger partial charge in [0.05, 0.1) is 23.7 Å². The van der Waals surface area contributed by atoms with Crippen LogP contribution in [0.2, 0.25) is 0 Å². The van der Waals surface area contributed by atoms with Crippen LogP contribution >= 0.6 is 11.8 Å². The number of nitrogens with two attached hydrogens (primary N) is 1. The Kier molecular flexibility index (Phi) is 5.79. The predicted octanol–water partition coefficient (Wildman–Crippen LogP) is 0.907. The summed E-state index contributed by atoms with van der Waals surface area (Å²) in [6, 6.07) is 1.80. The van der Waals surface area contributed by atoms with Gasteiger partial charge in [-0.05, 0) is 13.0 Å². The van der Waals surface area contributed by atoms with E-state index < -0.39 is 0 Å². The van der Waals surface area contributed by atoms with Gasteiger partial charge >= 0.3 is 0 Å². The fourth-order valence-electron chi connectivity index (χ4n) is 1.17. The number of anilines is 1. The lowest BCUT2D eigenvalue weighted by atomic mass is 10.4. The van der Waals surface area contributed by atoms with Crippen LogP contribution in [0.3, 0.4) is 0 Å². The minimum Gasteiger partial charge on any atom is -0.397 e. The number of nitrogen functional groups attached to an aromatic ring is 1. The van der Waals surface area contributed by atoms with Crippen molar-refractivity contribution in [3.63, 3.8) is 0 Å². The summed E-state index contributed by atoms with van der Waals surface area (Å²) >= 11 is 1.42. The lowest BCUT2D eigenvalue weighted by Gasteiger charge is -2.12. The van der Waals surface area contributed by atoms with Gasteiger partial charge in [0.1, 0.15) is 0 Å². The number of hydrogen-bond acceptors (Lipinski definition) is 5. The van der Waals surface area contributed by atoms with E-state index in [1.165, 1.54) is 11.8 Å². The Hall–Kier alpha value is -1.27. The summed E-state index contributed by atoms with van der Waals surface area (Å²) in [6.45, 7) is 2.87. The van der Waals surface area contributed by atoms with Crippen LogP contribution in [0.5, 0.6) is 0 Å². The molecule has 0 spiro atoms. The number of rotatable bonds is 6. The molecule has 1 rings (SSSR count). The maximum absolute atomic E-state index is 11.7. The lowest BCUT2D eigenvalue weighted by molar-refractivity contribution is -0.120. The van der Waals surface area contributed by atoms with Gasteiger partial charge in [-0.1, -0.05) is 0 Å². The first kappa shape index (κ1) is 13.8. The minimum absolute atomic E-state index is 0.0248. The highest BCUT2D eigenvalue weighted by Crippen LogP contribution is 2.27. The summed E-state index contributed by atoms with van der Waals surface area (Å²) < 4.78 is 4.86. The molecule has 1 aromatic rings. The van der Waals surface area contributed by atoms with Crippen molar-refractivity contribution in [1.29, 1.82) is 0 Å². The first-order valence-corrected chi connectivity index (χ1v) is 6.16. The van der Waals surface area contributed by atoms with E-state index in [9.17, 15) is 4.79 Å². The fraction of sp³-hybridized carbons (Fsp3) is 0.455. The zero-order chi connectivity index (χ0) is 12.7. The Morgan fingerprint density at radius 3 is 3.12 bits per heavy atom. The number of nitrogens with zero attached hydrogens (tertiary/aromatic N) is 1. The summed E-state index contributed by atoms with van der Waals surface area (Å²) in [5.41, 5.74) is 6.35. The average molecular weight is 255 g/mol. The molecule has 5 nitrogen and oxygen atoms in total. The van der Waals surface area contributed by atoms with Gasteiger partial charge < -0.3 is 15.8 Å². The molecule has 0 aliphatic carbocycles. The van der Waals surface area contributed by atoms with Crippen molar-refractivity contribution < 1.29 is 9.53 Å². The van der Waals surface area contributed by atoms with Crippen LogP contribution in [0, 0.1) is 0 Å². The summed E-state index contributed by atoms with van der Waals surface area (Å²) in [7, 11) is 1.60. The Morgan fingerprint density at radius 1 is 1.71 bits per heavy atom. The molecule has 0 fully saturated rings. The van der Waals surface area contributed by atoms with Crippen molar-refractivity contribution in [3.8, 4) is 0 Å². The number of thioether (sulfide) groups is 1. The molecule has 1 amide bonds. The molecule has 6 heteroatoms. The van der Waals surface area contributed by atoms with Gasteiger partial charge in [-0.25, -0.2) is 0 Å². The van der Waals surface area contributed by atoms with E-state index in [-0.39, 0.29) is 11.2 Å². The van der Waals surface area contributed by atoms with E-state index in [0.717, 1.165) is 4.90 Å². The molecule has 0 aliphatic heterocycles. The molecule has 3 N–H and O–H groups in total. The summed E-state index contributed by atoms with van der Waals surface area (Å²) in [4.78, 5) is 16.5. The van der Waals surface area contributed by atoms with Gasteiger partial charge in [0, 0.05) is 24.7 Å². The smallest absolute Gasteiger partial charge is 0.233 e. The standard InChI is InChI=1S/C11H17N3O2S/c1-8(11(15)14-5-6-16-2)17-10-3-4-13-7-9(10)12/h3-4,7-8H,5-6,12H2,1-2H3,(H,14,15). The third kappa shape index (κ3) is 4.62. The molecule has 1 unspecified atom stereocenters. The Morgan fingerprint density at radius 2 is 2.47 bits per heavy atom. The average Bonchev–Trinajstić information content (AvgIpc) is 2.32. The van der Waals surface area contributed by atoms with E-state index in [0.29, 0.717) is 18.8 Å². The first-order valence-electron chi connectivity index (χ1n) is 5.28. The van der Waals surface area contributed by atoms with Crippen LogP contribution < -0.4 is 11.1 Å². The van der Waals surface area contributed by atoms with Crippen LogP contribution in [0.25, 0.3) is 0 Å². The summed E-state index contributed by atoms with van der Waals surface area (Å²) in [5, 5.41) is 2.58. The highest BCUT2D eigenvalue weighted by Gasteiger charge is 2.14. The molecule has 0 aromatic carbocycles. The summed E-state index contributed by atoms with van der Waals surface area (Å²) in [5.74, 6) is -0.0248. The van der Waals surface area contributed by atoms with Gasteiger partial charge in [-0.3, -0.25) is 9.78 Å². The number of nitrogens with one attached hydrogen (secondary N) is 1. The van der Waals surface area contributed by atoms with Gasteiger partial charge in [0.15, 0.2) is 0 Å². The molecule has 0 saturated carbocycles. The molecule has 1 atom stereocenters. The molecule has 0 saturated heterocycles. The number of ether oxygens (including phenoxy) is 1. The molecular formula is C11H17N3O2S. The number of hydrogen-bond donors (Lipinski definition) is 2. The predicted molar refractivity (Wildman–Crippen MR) is 68.9 cm³/mol. The number of methoxy groups -OCH3 is 1. The van der Waals surface area contributed by atoms with Gasteiger partial charge in [-0.15, -0.1) is 11.8 Å². The number of carbonyl (C=O) groups excluding carboxylic acids is 1. The van der Waals surface area contributed by atoms with Crippen LogP contribution in [-0.2, 0) is 9.53 Å². The monoisotopic (exact) mass is 255 g/mol. The quantitative estimate of drug-likeness (QED) is 0.583. The van der Waals surface area contributed by atoms with Crippen LogP contribution in [-0.4, -0.2) is 36.4 Å². The van der Waals surface area contributed by atoms with Crippen LogP contribution in [0.4, 0.5) is 5.69 Å². The fourth-order valence-corrected chi connectivity index (χ4v) is 2.06. The normalized spacial score (nSPS) is 12.1.